The van der Waals surface area contributed by atoms with E-state index in [1.165, 1.54) is 12.0 Å². The molecule has 1 aliphatic heterocycles. The highest BCUT2D eigenvalue weighted by molar-refractivity contribution is 5.95. The monoisotopic (exact) mass is 561 g/mol. The van der Waals surface area contributed by atoms with Gasteiger partial charge in [0.25, 0.3) is 0 Å². The quantitative estimate of drug-likeness (QED) is 0.404. The van der Waals surface area contributed by atoms with Crippen LogP contribution < -0.4 is 9.64 Å². The fourth-order valence-electron chi connectivity index (χ4n) is 6.07. The van der Waals surface area contributed by atoms with Gasteiger partial charge in [-0.25, -0.2) is 14.2 Å². The van der Waals surface area contributed by atoms with E-state index in [0.717, 1.165) is 23.8 Å². The normalized spacial score (nSPS) is 21.8. The number of methoxy groups -OCH3 is 1. The van der Waals surface area contributed by atoms with Gasteiger partial charge in [-0.05, 0) is 69.4 Å². The molecule has 5 rings (SSSR count). The minimum absolute atomic E-state index is 0.0485. The maximum Gasteiger partial charge on any atom is 0.414 e. The number of carbonyl (C=O) groups excluding carboxylic acids is 1. The third kappa shape index (κ3) is 4.96. The molecule has 0 saturated heterocycles. The van der Waals surface area contributed by atoms with Crippen molar-refractivity contribution in [2.45, 2.75) is 70.2 Å². The Kier molecular flexibility index (Phi) is 7.63. The third-order valence-electron chi connectivity index (χ3n) is 7.94. The van der Waals surface area contributed by atoms with E-state index in [2.05, 4.69) is 4.74 Å². The Balaban J connectivity index is 1.71. The molecule has 0 spiro atoms. The molecule has 4 atom stereocenters. The number of aliphatic hydroxyl groups is 1. The van der Waals surface area contributed by atoms with Crippen molar-refractivity contribution in [3.63, 3.8) is 0 Å². The Hall–Kier alpha value is -3.80. The molecule has 2 aliphatic rings. The van der Waals surface area contributed by atoms with Gasteiger partial charge >= 0.3 is 18.7 Å². The second-order valence-corrected chi connectivity index (χ2v) is 10.3. The molecule has 12 heteroatoms. The standard InChI is InChI=1S/C28H30F3N3O6/c1-14-6-8-18-20(33(14)28(38)39-2)9-10-21-23(18)32-25(34(21)17-5-3-4-15(12-17)26(36)37)24(35)19-13-16(29)7-11-22(19)40-27(30)31/h7,9-11,13-15,17,24,27,35H,3-6,8,12H2,1-2H3,(H,36,37)/t14-,15-,17+,24+/m1/s1. The number of rotatable bonds is 6. The Bertz CT molecular complexity index is 1440. The number of carbonyl (C=O) groups is 2. The van der Waals surface area contributed by atoms with Crippen molar-refractivity contribution >= 4 is 28.8 Å². The van der Waals surface area contributed by atoms with Crippen LogP contribution in [0, 0.1) is 11.7 Å². The van der Waals surface area contributed by atoms with Crippen LogP contribution in [0.3, 0.4) is 0 Å². The average Bonchev–Trinajstić information content (AvgIpc) is 3.33. The molecule has 3 aromatic rings. The number of hydrogen-bond acceptors (Lipinski definition) is 6. The summed E-state index contributed by atoms with van der Waals surface area (Å²) in [6.45, 7) is -1.30. The number of aryl methyl sites for hydroxylation is 1. The number of carboxylic acid groups (broad SMARTS) is 1. The summed E-state index contributed by atoms with van der Waals surface area (Å²) in [5.74, 6) is -2.65. The van der Waals surface area contributed by atoms with Gasteiger partial charge in [0.1, 0.15) is 23.5 Å². The highest BCUT2D eigenvalue weighted by atomic mass is 19.3. The van der Waals surface area contributed by atoms with Gasteiger partial charge in [0.15, 0.2) is 0 Å². The van der Waals surface area contributed by atoms with Crippen molar-refractivity contribution in [1.29, 1.82) is 0 Å². The topological polar surface area (TPSA) is 114 Å². The van der Waals surface area contributed by atoms with Gasteiger partial charge in [0, 0.05) is 23.2 Å². The number of aromatic nitrogens is 2. The van der Waals surface area contributed by atoms with Crippen LogP contribution in [0.5, 0.6) is 5.75 Å². The van der Waals surface area contributed by atoms with Crippen LogP contribution in [-0.4, -0.2) is 51.6 Å². The number of halogens is 3. The maximum absolute atomic E-state index is 14.3. The molecule has 40 heavy (non-hydrogen) atoms. The number of benzene rings is 2. The summed E-state index contributed by atoms with van der Waals surface area (Å²) in [6, 6.07) is 5.89. The first kappa shape index (κ1) is 27.8. The highest BCUT2D eigenvalue weighted by Crippen LogP contribution is 2.43. The summed E-state index contributed by atoms with van der Waals surface area (Å²) in [6.07, 6.45) is 0.980. The number of imidazole rings is 1. The lowest BCUT2D eigenvalue weighted by atomic mass is 9.85. The van der Waals surface area contributed by atoms with Crippen LogP contribution in [-0.2, 0) is 16.0 Å². The number of aliphatic carboxylic acids is 1. The number of carboxylic acids is 1. The van der Waals surface area contributed by atoms with Crippen LogP contribution in [0.2, 0.25) is 0 Å². The van der Waals surface area contributed by atoms with E-state index >= 15 is 0 Å². The maximum atomic E-state index is 14.3. The van der Waals surface area contributed by atoms with Crippen molar-refractivity contribution in [3.05, 3.63) is 53.1 Å². The van der Waals surface area contributed by atoms with Gasteiger partial charge in [-0.2, -0.15) is 8.78 Å². The Morgan fingerprint density at radius 1 is 1.15 bits per heavy atom. The predicted octanol–water partition coefficient (Wildman–Crippen LogP) is 5.58. The zero-order valence-electron chi connectivity index (χ0n) is 22.0. The molecular formula is C28H30F3N3O6. The molecule has 2 N–H and O–H groups in total. The number of alkyl halides is 2. The number of amides is 1. The van der Waals surface area contributed by atoms with Crippen molar-refractivity contribution in [2.75, 3.05) is 12.0 Å². The second-order valence-electron chi connectivity index (χ2n) is 10.3. The number of nitrogens with zero attached hydrogens (tertiary/aromatic N) is 3. The van der Waals surface area contributed by atoms with E-state index in [1.54, 1.807) is 16.7 Å². The van der Waals surface area contributed by atoms with Crippen LogP contribution in [0.25, 0.3) is 11.0 Å². The molecule has 2 aromatic carbocycles. The number of hydrogen-bond donors (Lipinski definition) is 2. The summed E-state index contributed by atoms with van der Waals surface area (Å²) >= 11 is 0. The van der Waals surface area contributed by atoms with Gasteiger partial charge in [-0.1, -0.05) is 6.42 Å². The van der Waals surface area contributed by atoms with E-state index < -0.39 is 42.3 Å². The van der Waals surface area contributed by atoms with Crippen molar-refractivity contribution in [1.82, 2.24) is 9.55 Å². The lowest BCUT2D eigenvalue weighted by molar-refractivity contribution is -0.143. The lowest BCUT2D eigenvalue weighted by Crippen LogP contribution is -2.42. The molecule has 0 bridgehead atoms. The molecular weight excluding hydrogens is 531 g/mol. The van der Waals surface area contributed by atoms with E-state index in [0.29, 0.717) is 48.8 Å². The molecule has 9 nitrogen and oxygen atoms in total. The van der Waals surface area contributed by atoms with E-state index in [9.17, 15) is 33.0 Å². The fourth-order valence-corrected chi connectivity index (χ4v) is 6.07. The zero-order chi connectivity index (χ0) is 28.7. The first-order chi connectivity index (χ1) is 19.1. The second kappa shape index (κ2) is 11.0. The number of aliphatic hydroxyl groups excluding tert-OH is 1. The fraction of sp³-hybridized carbons (Fsp3) is 0.464. The smallest absolute Gasteiger partial charge is 0.414 e. The van der Waals surface area contributed by atoms with Crippen LogP contribution in [0.15, 0.2) is 30.3 Å². The van der Waals surface area contributed by atoms with Gasteiger partial charge in [-0.3, -0.25) is 9.69 Å². The summed E-state index contributed by atoms with van der Waals surface area (Å²) in [5.41, 5.74) is 2.18. The summed E-state index contributed by atoms with van der Waals surface area (Å²) in [5, 5.41) is 21.3. The minimum atomic E-state index is -3.21. The van der Waals surface area contributed by atoms with Crippen LogP contribution >= 0.6 is 0 Å². The van der Waals surface area contributed by atoms with E-state index in [-0.39, 0.29) is 29.9 Å². The summed E-state index contributed by atoms with van der Waals surface area (Å²) in [7, 11) is 1.30. The van der Waals surface area contributed by atoms with Crippen molar-refractivity contribution < 1.29 is 42.4 Å². The molecule has 0 radical (unpaired) electrons. The summed E-state index contributed by atoms with van der Waals surface area (Å²) in [4.78, 5) is 30.8. The van der Waals surface area contributed by atoms with Crippen LogP contribution in [0.1, 0.15) is 68.1 Å². The zero-order valence-corrected chi connectivity index (χ0v) is 22.0. The molecule has 1 aliphatic carbocycles. The van der Waals surface area contributed by atoms with Gasteiger partial charge < -0.3 is 24.3 Å². The molecule has 1 fully saturated rings. The van der Waals surface area contributed by atoms with Crippen molar-refractivity contribution in [3.8, 4) is 5.75 Å². The van der Waals surface area contributed by atoms with Crippen molar-refractivity contribution in [2.24, 2.45) is 5.92 Å². The SMILES string of the molecule is COC(=O)N1c2ccc3c(nc([C@@H](O)c4cc(F)ccc4OC(F)F)n3[C@H]3CCC[C@@H](C(=O)O)C3)c2CC[C@H]1C. The first-order valence-electron chi connectivity index (χ1n) is 13.2. The highest BCUT2D eigenvalue weighted by Gasteiger charge is 2.36. The molecule has 2 heterocycles. The Morgan fingerprint density at radius 3 is 2.62 bits per heavy atom. The average molecular weight is 562 g/mol. The molecule has 0 unspecified atom stereocenters. The number of ether oxygens (including phenoxy) is 2. The third-order valence-corrected chi connectivity index (χ3v) is 7.94. The van der Waals surface area contributed by atoms with Gasteiger partial charge in [-0.15, -0.1) is 0 Å². The largest absolute Gasteiger partial charge is 0.481 e. The molecule has 1 saturated carbocycles. The van der Waals surface area contributed by atoms with E-state index in [4.69, 9.17) is 9.72 Å². The minimum Gasteiger partial charge on any atom is -0.481 e. The lowest BCUT2D eigenvalue weighted by Gasteiger charge is -2.34. The Labute approximate surface area is 228 Å². The van der Waals surface area contributed by atoms with E-state index in [1.807, 2.05) is 6.92 Å². The molecule has 1 aromatic heterocycles. The molecule has 214 valence electrons. The summed E-state index contributed by atoms with van der Waals surface area (Å²) < 4.78 is 51.9. The predicted molar refractivity (Wildman–Crippen MR) is 138 cm³/mol. The van der Waals surface area contributed by atoms with Crippen LogP contribution in [0.4, 0.5) is 23.7 Å². The number of fused-ring (bicyclic) bond motifs is 3. The Morgan fingerprint density at radius 2 is 1.93 bits per heavy atom. The number of anilines is 1. The molecule has 1 amide bonds. The first-order valence-corrected chi connectivity index (χ1v) is 13.2. The van der Waals surface area contributed by atoms with Gasteiger partial charge in [0.05, 0.1) is 29.7 Å². The van der Waals surface area contributed by atoms with Gasteiger partial charge in [0.2, 0.25) is 0 Å².